The van der Waals surface area contributed by atoms with Gasteiger partial charge in [-0.15, -0.1) is 0 Å². The fourth-order valence-electron chi connectivity index (χ4n) is 1.97. The molecule has 2 nitrogen and oxygen atoms in total. The highest BCUT2D eigenvalue weighted by Crippen LogP contribution is 2.28. The molecule has 2 rings (SSSR count). The molecule has 1 N–H and O–H groups in total. The summed E-state index contributed by atoms with van der Waals surface area (Å²) in [4.78, 5) is 0. The van der Waals surface area contributed by atoms with Crippen molar-refractivity contribution in [2.24, 2.45) is 0 Å². The van der Waals surface area contributed by atoms with Crippen LogP contribution in [0.3, 0.4) is 0 Å². The van der Waals surface area contributed by atoms with Crippen LogP contribution in [0.4, 0.5) is 0 Å². The monoisotopic (exact) mass is 230 g/mol. The Morgan fingerprint density at radius 3 is 2.59 bits per heavy atom. The second kappa shape index (κ2) is 5.19. The Hall–Kier alpha value is -1.54. The number of furan rings is 1. The van der Waals surface area contributed by atoms with E-state index in [1.807, 2.05) is 24.3 Å². The standard InChI is InChI=1S/C15H18O2/c1-3-6-12-7-4-5-8-13(12)15-10-9-14(17-15)11(2)16/h4-5,7-11,16H,3,6H2,1-2H3. The van der Waals surface area contributed by atoms with Crippen molar-refractivity contribution in [1.29, 1.82) is 0 Å². The number of aryl methyl sites for hydroxylation is 1. The third kappa shape index (κ3) is 2.59. The molecule has 0 aliphatic carbocycles. The van der Waals surface area contributed by atoms with E-state index >= 15 is 0 Å². The van der Waals surface area contributed by atoms with Crippen molar-refractivity contribution in [3.8, 4) is 11.3 Å². The van der Waals surface area contributed by atoms with Crippen LogP contribution in [0.25, 0.3) is 11.3 Å². The average Bonchev–Trinajstić information content (AvgIpc) is 2.79. The maximum Gasteiger partial charge on any atom is 0.134 e. The summed E-state index contributed by atoms with van der Waals surface area (Å²) in [7, 11) is 0. The molecule has 1 aromatic carbocycles. The molecule has 0 fully saturated rings. The van der Waals surface area contributed by atoms with Crippen molar-refractivity contribution >= 4 is 0 Å². The minimum absolute atomic E-state index is 0.554. The number of hydrogen-bond donors (Lipinski definition) is 1. The van der Waals surface area contributed by atoms with Gasteiger partial charge < -0.3 is 9.52 Å². The van der Waals surface area contributed by atoms with Crippen molar-refractivity contribution in [2.45, 2.75) is 32.8 Å². The van der Waals surface area contributed by atoms with Gasteiger partial charge in [0.1, 0.15) is 17.6 Å². The first kappa shape index (κ1) is 11.9. The molecule has 0 spiro atoms. The van der Waals surface area contributed by atoms with Crippen LogP contribution in [-0.4, -0.2) is 5.11 Å². The van der Waals surface area contributed by atoms with E-state index in [0.29, 0.717) is 5.76 Å². The van der Waals surface area contributed by atoms with Crippen LogP contribution in [0, 0.1) is 0 Å². The zero-order valence-corrected chi connectivity index (χ0v) is 10.3. The molecule has 2 heteroatoms. The molecule has 0 saturated carbocycles. The predicted molar refractivity (Wildman–Crippen MR) is 68.8 cm³/mol. The van der Waals surface area contributed by atoms with Crippen LogP contribution in [0.15, 0.2) is 40.8 Å². The van der Waals surface area contributed by atoms with E-state index in [9.17, 15) is 5.11 Å². The average molecular weight is 230 g/mol. The Morgan fingerprint density at radius 2 is 1.94 bits per heavy atom. The van der Waals surface area contributed by atoms with Gasteiger partial charge >= 0.3 is 0 Å². The van der Waals surface area contributed by atoms with Crippen LogP contribution < -0.4 is 0 Å². The Balaban J connectivity index is 2.38. The summed E-state index contributed by atoms with van der Waals surface area (Å²) in [5.41, 5.74) is 2.42. The normalized spacial score (nSPS) is 12.6. The SMILES string of the molecule is CCCc1ccccc1-c1ccc(C(C)O)o1. The van der Waals surface area contributed by atoms with E-state index in [4.69, 9.17) is 4.42 Å². The molecule has 1 heterocycles. The van der Waals surface area contributed by atoms with Gasteiger partial charge in [-0.2, -0.15) is 0 Å². The summed E-state index contributed by atoms with van der Waals surface area (Å²) in [6, 6.07) is 12.0. The lowest BCUT2D eigenvalue weighted by Crippen LogP contribution is -1.88. The Bertz CT molecular complexity index is 483. The molecule has 90 valence electrons. The fraction of sp³-hybridized carbons (Fsp3) is 0.333. The van der Waals surface area contributed by atoms with Crippen LogP contribution in [0.2, 0.25) is 0 Å². The minimum atomic E-state index is -0.554. The molecule has 0 aliphatic rings. The summed E-state index contributed by atoms with van der Waals surface area (Å²) in [5.74, 6) is 1.45. The second-order valence-corrected chi connectivity index (χ2v) is 4.29. The van der Waals surface area contributed by atoms with Crippen molar-refractivity contribution in [3.05, 3.63) is 47.7 Å². The van der Waals surface area contributed by atoms with Gasteiger partial charge in [-0.05, 0) is 31.0 Å². The van der Waals surface area contributed by atoms with Gasteiger partial charge in [0.2, 0.25) is 0 Å². The summed E-state index contributed by atoms with van der Waals surface area (Å²) >= 11 is 0. The Kier molecular flexibility index (Phi) is 3.64. The molecule has 0 aliphatic heterocycles. The predicted octanol–water partition coefficient (Wildman–Crippen LogP) is 3.95. The lowest BCUT2D eigenvalue weighted by Gasteiger charge is -2.06. The molecular formula is C15H18O2. The zero-order valence-electron chi connectivity index (χ0n) is 10.3. The molecule has 0 saturated heterocycles. The van der Waals surface area contributed by atoms with Gasteiger partial charge in [0.25, 0.3) is 0 Å². The summed E-state index contributed by atoms with van der Waals surface area (Å²) in [5, 5.41) is 9.46. The quantitative estimate of drug-likeness (QED) is 0.862. The second-order valence-electron chi connectivity index (χ2n) is 4.29. The van der Waals surface area contributed by atoms with Crippen molar-refractivity contribution < 1.29 is 9.52 Å². The van der Waals surface area contributed by atoms with E-state index in [0.717, 1.165) is 24.2 Å². The van der Waals surface area contributed by atoms with Gasteiger partial charge in [0, 0.05) is 5.56 Å². The van der Waals surface area contributed by atoms with Crippen molar-refractivity contribution in [3.63, 3.8) is 0 Å². The minimum Gasteiger partial charge on any atom is -0.458 e. The highest BCUT2D eigenvalue weighted by Gasteiger charge is 2.11. The molecule has 1 atom stereocenters. The molecule has 0 radical (unpaired) electrons. The summed E-state index contributed by atoms with van der Waals surface area (Å²) in [6.45, 7) is 3.88. The van der Waals surface area contributed by atoms with E-state index in [-0.39, 0.29) is 0 Å². The Morgan fingerprint density at radius 1 is 1.18 bits per heavy atom. The molecule has 17 heavy (non-hydrogen) atoms. The van der Waals surface area contributed by atoms with Gasteiger partial charge in [-0.3, -0.25) is 0 Å². The van der Waals surface area contributed by atoms with Crippen LogP contribution in [0.5, 0.6) is 0 Å². The summed E-state index contributed by atoms with van der Waals surface area (Å²) in [6.07, 6.45) is 1.60. The first-order valence-corrected chi connectivity index (χ1v) is 6.08. The van der Waals surface area contributed by atoms with E-state index < -0.39 is 6.10 Å². The zero-order chi connectivity index (χ0) is 12.3. The lowest BCUT2D eigenvalue weighted by molar-refractivity contribution is 0.170. The third-order valence-corrected chi connectivity index (χ3v) is 2.84. The largest absolute Gasteiger partial charge is 0.458 e. The van der Waals surface area contributed by atoms with Crippen molar-refractivity contribution in [2.75, 3.05) is 0 Å². The highest BCUT2D eigenvalue weighted by atomic mass is 16.4. The molecule has 0 bridgehead atoms. The van der Waals surface area contributed by atoms with Crippen molar-refractivity contribution in [1.82, 2.24) is 0 Å². The van der Waals surface area contributed by atoms with Gasteiger partial charge in [-0.25, -0.2) is 0 Å². The van der Waals surface area contributed by atoms with Crippen LogP contribution >= 0.6 is 0 Å². The number of aliphatic hydroxyl groups excluding tert-OH is 1. The van der Waals surface area contributed by atoms with E-state index in [2.05, 4.69) is 19.1 Å². The highest BCUT2D eigenvalue weighted by molar-refractivity contribution is 5.62. The first-order chi connectivity index (χ1) is 8.22. The van der Waals surface area contributed by atoms with Gasteiger partial charge in [0.05, 0.1) is 0 Å². The molecule has 2 aromatic rings. The number of hydrogen-bond acceptors (Lipinski definition) is 2. The fourth-order valence-corrected chi connectivity index (χ4v) is 1.97. The van der Waals surface area contributed by atoms with Crippen LogP contribution in [0.1, 0.15) is 37.7 Å². The lowest BCUT2D eigenvalue weighted by atomic mass is 10.0. The molecule has 1 unspecified atom stereocenters. The Labute approximate surface area is 102 Å². The first-order valence-electron chi connectivity index (χ1n) is 6.08. The summed E-state index contributed by atoms with van der Waals surface area (Å²) < 4.78 is 5.67. The van der Waals surface area contributed by atoms with Crippen LogP contribution in [-0.2, 0) is 6.42 Å². The van der Waals surface area contributed by atoms with E-state index in [1.165, 1.54) is 5.56 Å². The molecule has 0 amide bonds. The third-order valence-electron chi connectivity index (χ3n) is 2.84. The van der Waals surface area contributed by atoms with Gasteiger partial charge in [-0.1, -0.05) is 37.6 Å². The molecule has 1 aromatic heterocycles. The number of rotatable bonds is 4. The topological polar surface area (TPSA) is 33.4 Å². The van der Waals surface area contributed by atoms with E-state index in [1.54, 1.807) is 6.92 Å². The maximum absolute atomic E-state index is 9.46. The smallest absolute Gasteiger partial charge is 0.134 e. The molecular weight excluding hydrogens is 212 g/mol. The number of benzene rings is 1. The number of aliphatic hydroxyl groups is 1. The maximum atomic E-state index is 9.46. The van der Waals surface area contributed by atoms with Gasteiger partial charge in [0.15, 0.2) is 0 Å².